The van der Waals surface area contributed by atoms with Crippen LogP contribution < -0.4 is 5.32 Å². The van der Waals surface area contributed by atoms with Gasteiger partial charge in [0.1, 0.15) is 5.54 Å². The van der Waals surface area contributed by atoms with Crippen molar-refractivity contribution in [1.29, 1.82) is 5.26 Å². The smallest absolute Gasteiger partial charge is 0.103 e. The van der Waals surface area contributed by atoms with Gasteiger partial charge in [-0.15, -0.1) is 0 Å². The Balaban J connectivity index is 1.70. The highest BCUT2D eigenvalue weighted by Gasteiger charge is 2.33. The van der Waals surface area contributed by atoms with E-state index in [2.05, 4.69) is 23.2 Å². The number of nitrogens with zero attached hydrogens (tertiary/aromatic N) is 2. The van der Waals surface area contributed by atoms with Gasteiger partial charge in [-0.25, -0.2) is 0 Å². The van der Waals surface area contributed by atoms with Crippen molar-refractivity contribution < 1.29 is 0 Å². The molecule has 0 aromatic rings. The molecule has 2 aliphatic carbocycles. The summed E-state index contributed by atoms with van der Waals surface area (Å²) >= 11 is 0. The van der Waals surface area contributed by atoms with Crippen LogP contribution in [0.15, 0.2) is 0 Å². The van der Waals surface area contributed by atoms with Crippen LogP contribution >= 0.6 is 0 Å². The van der Waals surface area contributed by atoms with Crippen LogP contribution in [0.4, 0.5) is 0 Å². The zero-order valence-corrected chi connectivity index (χ0v) is 11.9. The van der Waals surface area contributed by atoms with Crippen molar-refractivity contribution in [3.63, 3.8) is 0 Å². The van der Waals surface area contributed by atoms with Crippen LogP contribution in [0.5, 0.6) is 0 Å². The maximum Gasteiger partial charge on any atom is 0.103 e. The fraction of sp³-hybridized carbons (Fsp3) is 0.933. The fourth-order valence-electron chi connectivity index (χ4n) is 2.70. The molecule has 1 atom stereocenters. The summed E-state index contributed by atoms with van der Waals surface area (Å²) in [4.78, 5) is 2.68. The molecule has 0 aromatic carbocycles. The average Bonchev–Trinajstić information content (AvgIpc) is 3.20. The largest absolute Gasteiger partial charge is 0.300 e. The molecule has 0 aliphatic heterocycles. The van der Waals surface area contributed by atoms with Gasteiger partial charge in [-0.1, -0.05) is 6.92 Å². The molecule has 2 rings (SSSR count). The molecule has 2 saturated carbocycles. The number of hydrogen-bond acceptors (Lipinski definition) is 3. The Morgan fingerprint density at radius 3 is 2.56 bits per heavy atom. The third-order valence-corrected chi connectivity index (χ3v) is 4.19. The SMILES string of the molecule is CCNC(C)(C#N)CCCN(CC1CC1)C1CC1. The highest BCUT2D eigenvalue weighted by Crippen LogP contribution is 2.35. The highest BCUT2D eigenvalue weighted by molar-refractivity contribution is 5.03. The Bertz CT molecular complexity index is 301. The fourth-order valence-corrected chi connectivity index (χ4v) is 2.70. The van der Waals surface area contributed by atoms with E-state index in [0.29, 0.717) is 0 Å². The second-order valence-corrected chi connectivity index (χ2v) is 6.25. The summed E-state index contributed by atoms with van der Waals surface area (Å²) in [6, 6.07) is 3.29. The molecule has 0 bridgehead atoms. The van der Waals surface area contributed by atoms with Gasteiger partial charge >= 0.3 is 0 Å². The van der Waals surface area contributed by atoms with Crippen LogP contribution in [0.1, 0.15) is 52.4 Å². The lowest BCUT2D eigenvalue weighted by Crippen LogP contribution is -2.41. The lowest BCUT2D eigenvalue weighted by molar-refractivity contribution is 0.239. The van der Waals surface area contributed by atoms with Crippen molar-refractivity contribution in [2.45, 2.75) is 64.0 Å². The zero-order valence-electron chi connectivity index (χ0n) is 11.9. The van der Waals surface area contributed by atoms with Gasteiger partial charge in [-0.2, -0.15) is 5.26 Å². The Labute approximate surface area is 112 Å². The van der Waals surface area contributed by atoms with Gasteiger partial charge in [-0.3, -0.25) is 5.32 Å². The summed E-state index contributed by atoms with van der Waals surface area (Å²) in [7, 11) is 0. The quantitative estimate of drug-likeness (QED) is 0.682. The summed E-state index contributed by atoms with van der Waals surface area (Å²) in [6.07, 6.45) is 7.78. The second kappa shape index (κ2) is 6.04. The van der Waals surface area contributed by atoms with E-state index in [1.54, 1.807) is 0 Å². The zero-order chi connectivity index (χ0) is 13.0. The standard InChI is InChI=1S/C15H27N3/c1-3-17-15(2,12-16)9-4-10-18(14-7-8-14)11-13-5-6-13/h13-14,17H,3-11H2,1-2H3. The number of nitriles is 1. The van der Waals surface area contributed by atoms with Crippen LogP contribution in [0.3, 0.4) is 0 Å². The minimum absolute atomic E-state index is 0.330. The van der Waals surface area contributed by atoms with E-state index in [1.807, 2.05) is 6.92 Å². The van der Waals surface area contributed by atoms with Crippen LogP contribution in [0.2, 0.25) is 0 Å². The van der Waals surface area contributed by atoms with E-state index >= 15 is 0 Å². The first-order valence-electron chi connectivity index (χ1n) is 7.57. The van der Waals surface area contributed by atoms with E-state index in [-0.39, 0.29) is 5.54 Å². The lowest BCUT2D eigenvalue weighted by Gasteiger charge is -2.26. The summed E-state index contributed by atoms with van der Waals surface area (Å²) in [5, 5.41) is 12.5. The molecule has 0 heterocycles. The van der Waals surface area contributed by atoms with Crippen LogP contribution in [0, 0.1) is 17.2 Å². The van der Waals surface area contributed by atoms with E-state index in [0.717, 1.165) is 31.3 Å². The van der Waals surface area contributed by atoms with Crippen molar-refractivity contribution in [2.24, 2.45) is 5.92 Å². The third-order valence-electron chi connectivity index (χ3n) is 4.19. The molecule has 1 N–H and O–H groups in total. The van der Waals surface area contributed by atoms with Crippen molar-refractivity contribution >= 4 is 0 Å². The Kier molecular flexibility index (Phi) is 4.64. The molecule has 3 nitrogen and oxygen atoms in total. The van der Waals surface area contributed by atoms with Crippen molar-refractivity contribution in [1.82, 2.24) is 10.2 Å². The molecular weight excluding hydrogens is 222 g/mol. The molecule has 3 heteroatoms. The van der Waals surface area contributed by atoms with Crippen LogP contribution in [-0.4, -0.2) is 36.1 Å². The first-order valence-corrected chi connectivity index (χ1v) is 7.57. The first-order chi connectivity index (χ1) is 8.67. The molecule has 102 valence electrons. The van der Waals surface area contributed by atoms with Crippen LogP contribution in [-0.2, 0) is 0 Å². The summed E-state index contributed by atoms with van der Waals surface area (Å²) in [6.45, 7) is 7.47. The Hall–Kier alpha value is -0.590. The predicted molar refractivity (Wildman–Crippen MR) is 74.2 cm³/mol. The van der Waals surface area contributed by atoms with Gasteiger partial charge in [-0.05, 0) is 64.5 Å². The molecule has 0 amide bonds. The molecular formula is C15H27N3. The van der Waals surface area contributed by atoms with Gasteiger partial charge in [0.05, 0.1) is 6.07 Å². The monoisotopic (exact) mass is 249 g/mol. The first kappa shape index (κ1) is 13.8. The maximum atomic E-state index is 9.23. The van der Waals surface area contributed by atoms with Crippen molar-refractivity contribution in [2.75, 3.05) is 19.6 Å². The Morgan fingerprint density at radius 1 is 1.33 bits per heavy atom. The molecule has 18 heavy (non-hydrogen) atoms. The number of hydrogen-bond donors (Lipinski definition) is 1. The topological polar surface area (TPSA) is 39.1 Å². The van der Waals surface area contributed by atoms with Crippen LogP contribution in [0.25, 0.3) is 0 Å². The van der Waals surface area contributed by atoms with Gasteiger partial charge < -0.3 is 4.90 Å². The summed E-state index contributed by atoms with van der Waals surface area (Å²) < 4.78 is 0. The molecule has 1 unspecified atom stereocenters. The van der Waals surface area contributed by atoms with Gasteiger partial charge in [0.25, 0.3) is 0 Å². The van der Waals surface area contributed by atoms with E-state index in [1.165, 1.54) is 38.8 Å². The lowest BCUT2D eigenvalue weighted by atomic mass is 9.97. The molecule has 0 saturated heterocycles. The molecule has 0 aromatic heterocycles. The van der Waals surface area contributed by atoms with Gasteiger partial charge in [0.15, 0.2) is 0 Å². The highest BCUT2D eigenvalue weighted by atomic mass is 15.2. The van der Waals surface area contributed by atoms with Gasteiger partial charge in [0, 0.05) is 12.6 Å². The third kappa shape index (κ3) is 4.26. The molecule has 2 aliphatic rings. The Morgan fingerprint density at radius 2 is 2.06 bits per heavy atom. The second-order valence-electron chi connectivity index (χ2n) is 6.25. The normalized spacial score (nSPS) is 22.8. The van der Waals surface area contributed by atoms with Crippen molar-refractivity contribution in [3.05, 3.63) is 0 Å². The van der Waals surface area contributed by atoms with Crippen molar-refractivity contribution in [3.8, 4) is 6.07 Å². The minimum Gasteiger partial charge on any atom is -0.300 e. The molecule has 0 radical (unpaired) electrons. The minimum atomic E-state index is -0.330. The average molecular weight is 249 g/mol. The van der Waals surface area contributed by atoms with E-state index < -0.39 is 0 Å². The molecule has 2 fully saturated rings. The molecule has 0 spiro atoms. The summed E-state index contributed by atoms with van der Waals surface area (Å²) in [5.41, 5.74) is -0.330. The number of nitrogens with one attached hydrogen (secondary N) is 1. The maximum absolute atomic E-state index is 9.23. The van der Waals surface area contributed by atoms with Gasteiger partial charge in [0.2, 0.25) is 0 Å². The van der Waals surface area contributed by atoms with E-state index in [9.17, 15) is 5.26 Å². The summed E-state index contributed by atoms with van der Waals surface area (Å²) in [5.74, 6) is 0.988. The van der Waals surface area contributed by atoms with E-state index in [4.69, 9.17) is 0 Å². The predicted octanol–water partition coefficient (Wildman–Crippen LogP) is 2.53. The number of rotatable bonds is 9.